The first kappa shape index (κ1) is 11.5. The molecule has 0 radical (unpaired) electrons. The summed E-state index contributed by atoms with van der Waals surface area (Å²) >= 11 is 0. The third-order valence-electron chi connectivity index (χ3n) is 3.54. The van der Waals surface area contributed by atoms with E-state index in [-0.39, 0.29) is 0 Å². The summed E-state index contributed by atoms with van der Waals surface area (Å²) in [6.07, 6.45) is 3.93. The molecule has 1 aromatic rings. The zero-order chi connectivity index (χ0) is 11.5. The van der Waals surface area contributed by atoms with Crippen molar-refractivity contribution in [2.45, 2.75) is 45.7 Å². The fourth-order valence-corrected chi connectivity index (χ4v) is 2.59. The van der Waals surface area contributed by atoms with Crippen molar-refractivity contribution in [1.29, 1.82) is 0 Å². The summed E-state index contributed by atoms with van der Waals surface area (Å²) in [5, 5.41) is 3.64. The Balaban J connectivity index is 2.08. The van der Waals surface area contributed by atoms with E-state index in [0.29, 0.717) is 12.6 Å². The molecule has 2 rings (SSSR count). The van der Waals surface area contributed by atoms with E-state index in [4.69, 9.17) is 5.73 Å². The van der Waals surface area contributed by atoms with Crippen molar-refractivity contribution in [3.63, 3.8) is 0 Å². The SMILES string of the molecule is Cc1ccc(NC2CCC(C)C2)c(CN)c1. The number of rotatable bonds is 3. The van der Waals surface area contributed by atoms with Crippen molar-refractivity contribution in [2.75, 3.05) is 5.32 Å². The summed E-state index contributed by atoms with van der Waals surface area (Å²) in [6.45, 7) is 5.06. The number of aryl methyl sites for hydroxylation is 1. The molecule has 2 unspecified atom stereocenters. The molecular formula is C14H22N2. The van der Waals surface area contributed by atoms with Gasteiger partial charge in [-0.15, -0.1) is 0 Å². The smallest absolute Gasteiger partial charge is 0.0388 e. The molecule has 0 aromatic heterocycles. The molecule has 16 heavy (non-hydrogen) atoms. The van der Waals surface area contributed by atoms with Crippen LogP contribution in [0.15, 0.2) is 18.2 Å². The van der Waals surface area contributed by atoms with Gasteiger partial charge in [0.25, 0.3) is 0 Å². The molecule has 0 heterocycles. The summed E-state index contributed by atoms with van der Waals surface area (Å²) in [4.78, 5) is 0. The first-order chi connectivity index (χ1) is 7.69. The molecule has 0 bridgehead atoms. The lowest BCUT2D eigenvalue weighted by Crippen LogP contribution is -2.17. The van der Waals surface area contributed by atoms with Crippen LogP contribution in [0.5, 0.6) is 0 Å². The first-order valence-electron chi connectivity index (χ1n) is 6.25. The molecule has 1 saturated carbocycles. The van der Waals surface area contributed by atoms with Crippen molar-refractivity contribution in [3.8, 4) is 0 Å². The summed E-state index contributed by atoms with van der Waals surface area (Å²) in [5.41, 5.74) is 9.53. The minimum absolute atomic E-state index is 0.617. The molecule has 0 aliphatic heterocycles. The van der Waals surface area contributed by atoms with E-state index in [2.05, 4.69) is 37.4 Å². The minimum Gasteiger partial charge on any atom is -0.382 e. The van der Waals surface area contributed by atoms with Crippen LogP contribution in [0, 0.1) is 12.8 Å². The van der Waals surface area contributed by atoms with E-state index in [1.54, 1.807) is 0 Å². The topological polar surface area (TPSA) is 38.0 Å². The second-order valence-corrected chi connectivity index (χ2v) is 5.12. The maximum atomic E-state index is 5.78. The van der Waals surface area contributed by atoms with E-state index in [0.717, 1.165) is 5.92 Å². The Bertz CT molecular complexity index is 360. The largest absolute Gasteiger partial charge is 0.382 e. The van der Waals surface area contributed by atoms with Gasteiger partial charge in [0, 0.05) is 18.3 Å². The Kier molecular flexibility index (Phi) is 3.49. The van der Waals surface area contributed by atoms with Gasteiger partial charge >= 0.3 is 0 Å². The molecule has 2 atom stereocenters. The minimum atomic E-state index is 0.617. The summed E-state index contributed by atoms with van der Waals surface area (Å²) in [6, 6.07) is 7.14. The Morgan fingerprint density at radius 2 is 2.19 bits per heavy atom. The van der Waals surface area contributed by atoms with E-state index in [9.17, 15) is 0 Å². The number of benzene rings is 1. The van der Waals surface area contributed by atoms with Gasteiger partial charge in [-0.2, -0.15) is 0 Å². The van der Waals surface area contributed by atoms with Gasteiger partial charge in [0.15, 0.2) is 0 Å². The van der Waals surface area contributed by atoms with Crippen LogP contribution in [0.4, 0.5) is 5.69 Å². The van der Waals surface area contributed by atoms with Crippen LogP contribution in [0.25, 0.3) is 0 Å². The van der Waals surface area contributed by atoms with Gasteiger partial charge in [-0.3, -0.25) is 0 Å². The standard InChI is InChI=1S/C14H22N2/c1-10-4-6-14(12(7-10)9-15)16-13-5-3-11(2)8-13/h4,6-7,11,13,16H,3,5,8-9,15H2,1-2H3. The normalized spacial score (nSPS) is 24.7. The summed E-state index contributed by atoms with van der Waals surface area (Å²) < 4.78 is 0. The van der Waals surface area contributed by atoms with Crippen LogP contribution in [0.3, 0.4) is 0 Å². The maximum absolute atomic E-state index is 5.78. The van der Waals surface area contributed by atoms with Gasteiger partial charge in [-0.05, 0) is 43.7 Å². The molecule has 2 nitrogen and oxygen atoms in total. The Labute approximate surface area is 98.2 Å². The summed E-state index contributed by atoms with van der Waals surface area (Å²) in [7, 11) is 0. The number of nitrogens with one attached hydrogen (secondary N) is 1. The third kappa shape index (κ3) is 2.56. The molecule has 1 fully saturated rings. The van der Waals surface area contributed by atoms with Crippen LogP contribution in [-0.2, 0) is 6.54 Å². The Morgan fingerprint density at radius 3 is 2.81 bits per heavy atom. The lowest BCUT2D eigenvalue weighted by Gasteiger charge is -2.17. The zero-order valence-corrected chi connectivity index (χ0v) is 10.3. The highest BCUT2D eigenvalue weighted by atomic mass is 14.9. The predicted molar refractivity (Wildman–Crippen MR) is 69.5 cm³/mol. The molecule has 1 aromatic carbocycles. The van der Waals surface area contributed by atoms with E-state index < -0.39 is 0 Å². The predicted octanol–water partition coefficient (Wildman–Crippen LogP) is 3.05. The number of hydrogen-bond donors (Lipinski definition) is 2. The molecule has 1 aliphatic carbocycles. The number of nitrogens with two attached hydrogens (primary N) is 1. The lowest BCUT2D eigenvalue weighted by molar-refractivity contribution is 0.602. The monoisotopic (exact) mass is 218 g/mol. The molecule has 2 heteroatoms. The zero-order valence-electron chi connectivity index (χ0n) is 10.3. The first-order valence-corrected chi connectivity index (χ1v) is 6.25. The average molecular weight is 218 g/mol. The fraction of sp³-hybridized carbons (Fsp3) is 0.571. The molecular weight excluding hydrogens is 196 g/mol. The van der Waals surface area contributed by atoms with Crippen molar-refractivity contribution in [1.82, 2.24) is 0 Å². The van der Waals surface area contributed by atoms with Gasteiger partial charge in [0.2, 0.25) is 0 Å². The van der Waals surface area contributed by atoms with Gasteiger partial charge in [0.1, 0.15) is 0 Å². The van der Waals surface area contributed by atoms with E-state index in [1.807, 2.05) is 0 Å². The van der Waals surface area contributed by atoms with Gasteiger partial charge in [-0.25, -0.2) is 0 Å². The van der Waals surface area contributed by atoms with Gasteiger partial charge in [-0.1, -0.05) is 24.6 Å². The van der Waals surface area contributed by atoms with Crippen molar-refractivity contribution in [2.24, 2.45) is 11.7 Å². The van der Waals surface area contributed by atoms with Crippen LogP contribution in [0.2, 0.25) is 0 Å². The second-order valence-electron chi connectivity index (χ2n) is 5.12. The quantitative estimate of drug-likeness (QED) is 0.818. The Morgan fingerprint density at radius 1 is 1.38 bits per heavy atom. The second kappa shape index (κ2) is 4.88. The number of hydrogen-bond acceptors (Lipinski definition) is 2. The summed E-state index contributed by atoms with van der Waals surface area (Å²) in [5.74, 6) is 0.865. The van der Waals surface area contributed by atoms with Crippen LogP contribution < -0.4 is 11.1 Å². The van der Waals surface area contributed by atoms with E-state index >= 15 is 0 Å². The Hall–Kier alpha value is -1.02. The number of anilines is 1. The molecule has 0 saturated heterocycles. The van der Waals surface area contributed by atoms with Crippen LogP contribution in [-0.4, -0.2) is 6.04 Å². The third-order valence-corrected chi connectivity index (χ3v) is 3.54. The van der Waals surface area contributed by atoms with Gasteiger partial charge in [0.05, 0.1) is 0 Å². The van der Waals surface area contributed by atoms with Crippen molar-refractivity contribution < 1.29 is 0 Å². The molecule has 0 spiro atoms. The molecule has 88 valence electrons. The fourth-order valence-electron chi connectivity index (χ4n) is 2.59. The molecule has 3 N–H and O–H groups in total. The lowest BCUT2D eigenvalue weighted by atomic mass is 10.1. The molecule has 0 amide bonds. The highest BCUT2D eigenvalue weighted by molar-refractivity contribution is 5.53. The van der Waals surface area contributed by atoms with Gasteiger partial charge < -0.3 is 11.1 Å². The van der Waals surface area contributed by atoms with Crippen LogP contribution >= 0.6 is 0 Å². The van der Waals surface area contributed by atoms with Crippen molar-refractivity contribution >= 4 is 5.69 Å². The highest BCUT2D eigenvalue weighted by Crippen LogP contribution is 2.28. The van der Waals surface area contributed by atoms with E-state index in [1.165, 1.54) is 36.1 Å². The maximum Gasteiger partial charge on any atom is 0.0388 e. The van der Waals surface area contributed by atoms with Crippen LogP contribution in [0.1, 0.15) is 37.3 Å². The molecule has 1 aliphatic rings. The average Bonchev–Trinajstić information content (AvgIpc) is 2.67. The van der Waals surface area contributed by atoms with Crippen molar-refractivity contribution in [3.05, 3.63) is 29.3 Å². The highest BCUT2D eigenvalue weighted by Gasteiger charge is 2.21.